The normalized spacial score (nSPS) is 12.3. The van der Waals surface area contributed by atoms with Crippen LogP contribution in [0.3, 0.4) is 0 Å². The molecule has 0 amide bonds. The minimum atomic E-state index is -2.12. The van der Waals surface area contributed by atoms with Crippen molar-refractivity contribution in [2.75, 3.05) is 33.4 Å². The Kier molecular flexibility index (Phi) is 16.1. The molecule has 0 heterocycles. The van der Waals surface area contributed by atoms with Gasteiger partial charge in [-0.2, -0.15) is 0 Å². The van der Waals surface area contributed by atoms with E-state index in [1.807, 2.05) is 0 Å². The van der Waals surface area contributed by atoms with Gasteiger partial charge in [0.05, 0.1) is 0 Å². The van der Waals surface area contributed by atoms with Gasteiger partial charge in [-0.1, -0.05) is 72.8 Å². The summed E-state index contributed by atoms with van der Waals surface area (Å²) in [5, 5.41) is 4.58. The Morgan fingerprint density at radius 3 is 1.29 bits per heavy atom. The van der Waals surface area contributed by atoms with Gasteiger partial charge >= 0.3 is 190 Å². The summed E-state index contributed by atoms with van der Waals surface area (Å²) >= 11 is 0. The minimum absolute atomic E-state index is 0.684. The van der Waals surface area contributed by atoms with Crippen LogP contribution in [0.4, 0.5) is 0 Å². The molecule has 0 spiro atoms. The van der Waals surface area contributed by atoms with Crippen LogP contribution >= 0.6 is 7.26 Å². The molecule has 0 saturated carbocycles. The molecule has 6 rings (SSSR count). The van der Waals surface area contributed by atoms with Crippen molar-refractivity contribution < 1.29 is 4.74 Å². The molecule has 0 atom stereocenters. The van der Waals surface area contributed by atoms with Crippen LogP contribution in [0.5, 0.6) is 5.75 Å². The van der Waals surface area contributed by atoms with Gasteiger partial charge in [0, 0.05) is 6.54 Å². The summed E-state index contributed by atoms with van der Waals surface area (Å²) in [6, 6.07) is 64.9. The first-order valence-electron chi connectivity index (χ1n) is 21.0. The molecule has 0 saturated heterocycles. The largest absolute Gasteiger partial charge is 0.0622 e. The van der Waals surface area contributed by atoms with Crippen LogP contribution in [0.15, 0.2) is 176 Å². The van der Waals surface area contributed by atoms with Crippen LogP contribution in [0, 0.1) is 0 Å². The van der Waals surface area contributed by atoms with E-state index in [0.29, 0.717) is 6.61 Å². The first-order valence-corrected chi connectivity index (χ1v) is 23.2. The van der Waals surface area contributed by atoms with Gasteiger partial charge in [0.25, 0.3) is 0 Å². The summed E-state index contributed by atoms with van der Waals surface area (Å²) in [7, 11) is 2.03. The number of likely N-dealkylation sites (N-methyl/N-ethyl adjacent to an activating group) is 1. The van der Waals surface area contributed by atoms with Crippen molar-refractivity contribution in [3.63, 3.8) is 0 Å². The zero-order valence-corrected chi connectivity index (χ0v) is 34.8. The Morgan fingerprint density at radius 2 is 0.821 bits per heavy atom. The number of nitrogens with zero attached hydrogens (tertiary/aromatic N) is 1. The van der Waals surface area contributed by atoms with E-state index >= 15 is 0 Å². The number of hydrogen-bond donors (Lipinski definition) is 0. The predicted octanol–water partition coefficient (Wildman–Crippen LogP) is 12.2. The number of unbranched alkanes of at least 4 members (excludes halogenated alkanes) is 8. The minimum Gasteiger partial charge on any atom is -0.0622 e. The smallest absolute Gasteiger partial charge is 0.0175 e. The average Bonchev–Trinajstić information content (AvgIpc) is 3.25. The van der Waals surface area contributed by atoms with Gasteiger partial charge in [-0.3, -0.25) is 0 Å². The van der Waals surface area contributed by atoms with Gasteiger partial charge in [-0.25, -0.2) is 0 Å². The molecule has 2 nitrogen and oxygen atoms in total. The van der Waals surface area contributed by atoms with Crippen molar-refractivity contribution in [3.8, 4) is 5.75 Å². The van der Waals surface area contributed by atoms with Crippen molar-refractivity contribution in [3.05, 3.63) is 193 Å². The fourth-order valence-electron chi connectivity index (χ4n) is 8.27. The first-order chi connectivity index (χ1) is 27.6. The first kappa shape index (κ1) is 40.9. The Bertz CT molecular complexity index is 1900. The van der Waals surface area contributed by atoms with Gasteiger partial charge in [0.15, 0.2) is 0 Å². The SMILES string of the molecule is CN(C)CCOc1ccc(/C(=C(/CCCCCCCCCCC[PH](c2ccccc2)(c2ccccc2)c2ccccc2)c2ccccc2)c2ccccc2)cc1. The zero-order valence-electron chi connectivity index (χ0n) is 33.8. The van der Waals surface area contributed by atoms with E-state index in [1.54, 1.807) is 0 Å². The molecule has 0 radical (unpaired) electrons. The monoisotopic (exact) mass is 759 g/mol. The van der Waals surface area contributed by atoms with Gasteiger partial charge in [-0.05, 0) is 48.5 Å². The maximum absolute atomic E-state index is 6.05. The molecule has 0 aliphatic carbocycles. The molecule has 0 aliphatic rings. The van der Waals surface area contributed by atoms with E-state index < -0.39 is 7.26 Å². The molecular weight excluding hydrogens is 698 g/mol. The van der Waals surface area contributed by atoms with E-state index in [0.717, 1.165) is 18.7 Å². The zero-order chi connectivity index (χ0) is 38.7. The summed E-state index contributed by atoms with van der Waals surface area (Å²) in [5.41, 5.74) is 6.58. The molecule has 0 aliphatic heterocycles. The van der Waals surface area contributed by atoms with Gasteiger partial charge in [0.2, 0.25) is 0 Å². The topological polar surface area (TPSA) is 12.5 Å². The summed E-state index contributed by atoms with van der Waals surface area (Å²) < 4.78 is 6.05. The fraction of sp³-hybridized carbons (Fsp3) is 0.283. The molecule has 290 valence electrons. The van der Waals surface area contributed by atoms with E-state index in [-0.39, 0.29) is 0 Å². The van der Waals surface area contributed by atoms with Crippen molar-refractivity contribution in [1.29, 1.82) is 0 Å². The molecular formula is C53H62NOP. The van der Waals surface area contributed by atoms with Crippen molar-refractivity contribution in [2.45, 2.75) is 64.2 Å². The summed E-state index contributed by atoms with van der Waals surface area (Å²) in [6.07, 6.45) is 13.9. The molecule has 0 unspecified atom stereocenters. The third kappa shape index (κ3) is 11.4. The molecule has 0 fully saturated rings. The number of benzene rings is 6. The quantitative estimate of drug-likeness (QED) is 0.0388. The van der Waals surface area contributed by atoms with Crippen LogP contribution < -0.4 is 20.7 Å². The van der Waals surface area contributed by atoms with E-state index in [9.17, 15) is 0 Å². The molecule has 6 aromatic carbocycles. The third-order valence-corrected chi connectivity index (χ3v) is 16.3. The van der Waals surface area contributed by atoms with Crippen molar-refractivity contribution >= 4 is 34.3 Å². The Hall–Kier alpha value is -4.75. The molecule has 56 heavy (non-hydrogen) atoms. The molecule has 3 heteroatoms. The number of allylic oxidation sites excluding steroid dienone is 1. The molecule has 0 bridgehead atoms. The Labute approximate surface area is 338 Å². The second kappa shape index (κ2) is 22.1. The van der Waals surface area contributed by atoms with E-state index in [1.165, 1.54) is 108 Å². The molecule has 6 aromatic rings. The van der Waals surface area contributed by atoms with Crippen molar-refractivity contribution in [2.24, 2.45) is 0 Å². The Balaban J connectivity index is 1.03. The molecule has 0 aromatic heterocycles. The van der Waals surface area contributed by atoms with Gasteiger partial charge in [0.1, 0.15) is 12.4 Å². The van der Waals surface area contributed by atoms with Crippen molar-refractivity contribution in [1.82, 2.24) is 4.90 Å². The predicted molar refractivity (Wildman–Crippen MR) is 247 cm³/mol. The third-order valence-electron chi connectivity index (χ3n) is 11.2. The van der Waals surface area contributed by atoms with Crippen LogP contribution in [0.25, 0.3) is 11.1 Å². The van der Waals surface area contributed by atoms with E-state index in [4.69, 9.17) is 4.74 Å². The molecule has 0 N–H and O–H groups in total. The van der Waals surface area contributed by atoms with Gasteiger partial charge in [-0.15, -0.1) is 0 Å². The maximum Gasteiger partial charge on any atom is -0.0175 e. The van der Waals surface area contributed by atoms with Crippen LogP contribution in [0.1, 0.15) is 80.9 Å². The van der Waals surface area contributed by atoms with Crippen LogP contribution in [-0.4, -0.2) is 38.3 Å². The summed E-state index contributed by atoms with van der Waals surface area (Å²) in [5.74, 6) is 0.922. The number of ether oxygens (including phenoxy) is 1. The number of hydrogen-bond acceptors (Lipinski definition) is 2. The van der Waals surface area contributed by atoms with Crippen LogP contribution in [0.2, 0.25) is 0 Å². The van der Waals surface area contributed by atoms with Crippen LogP contribution in [-0.2, 0) is 0 Å². The second-order valence-corrected chi connectivity index (χ2v) is 19.5. The summed E-state index contributed by atoms with van der Waals surface area (Å²) in [4.78, 5) is 2.15. The second-order valence-electron chi connectivity index (χ2n) is 15.4. The summed E-state index contributed by atoms with van der Waals surface area (Å²) in [6.45, 7) is 1.58. The standard InChI is InChI=1S/C53H62NOP/c1-54(2)42-43-55-48-40-38-47(39-41-48)53(46-29-17-11-18-30-46)52(45-27-15-10-16-28-45)37-25-8-6-4-3-5-7-9-26-44-56(49-31-19-12-20-32-49,50-33-21-13-22-34-50)51-35-23-14-24-36-51/h10-24,27-36,38-41,56H,3-9,25-26,37,42-44H2,1-2H3/b53-52-. The Morgan fingerprint density at radius 1 is 0.429 bits per heavy atom. The fourth-order valence-corrected chi connectivity index (χ4v) is 13.2. The number of rotatable bonds is 22. The van der Waals surface area contributed by atoms with E-state index in [2.05, 4.69) is 195 Å². The maximum atomic E-state index is 6.05. The van der Waals surface area contributed by atoms with Gasteiger partial charge < -0.3 is 9.64 Å². The average molecular weight is 760 g/mol.